The minimum atomic E-state index is -4.62. The first-order valence-corrected chi connectivity index (χ1v) is 8.57. The largest absolute Gasteiger partial charge is 0.416 e. The Morgan fingerprint density at radius 1 is 1.12 bits per heavy atom. The van der Waals surface area contributed by atoms with Gasteiger partial charge in [-0.25, -0.2) is 13.1 Å². The van der Waals surface area contributed by atoms with E-state index in [2.05, 4.69) is 4.72 Å². The Morgan fingerprint density at radius 3 is 2.33 bits per heavy atom. The van der Waals surface area contributed by atoms with Gasteiger partial charge >= 0.3 is 6.18 Å². The maximum Gasteiger partial charge on any atom is 0.416 e. The van der Waals surface area contributed by atoms with Crippen molar-refractivity contribution in [3.05, 3.63) is 65.2 Å². The monoisotopic (exact) mass is 358 g/mol. The van der Waals surface area contributed by atoms with Crippen LogP contribution in [0.3, 0.4) is 0 Å². The van der Waals surface area contributed by atoms with Gasteiger partial charge in [-0.2, -0.15) is 13.2 Å². The highest BCUT2D eigenvalue weighted by molar-refractivity contribution is 7.89. The zero-order chi connectivity index (χ0) is 18.0. The highest BCUT2D eigenvalue weighted by atomic mass is 32.2. The molecule has 1 unspecified atom stereocenters. The zero-order valence-electron chi connectivity index (χ0n) is 12.8. The van der Waals surface area contributed by atoms with E-state index >= 15 is 0 Å². The Hall–Kier alpha value is -1.90. The van der Waals surface area contributed by atoms with Crippen molar-refractivity contribution in [1.82, 2.24) is 4.72 Å². The number of hydrogen-bond donors (Lipinski definition) is 2. The molecule has 0 amide bonds. The summed E-state index contributed by atoms with van der Waals surface area (Å²) in [6.07, 6.45) is -4.62. The van der Waals surface area contributed by atoms with Crippen molar-refractivity contribution in [3.8, 4) is 0 Å². The molecule has 0 fully saturated rings. The average Bonchev–Trinajstić information content (AvgIpc) is 2.52. The van der Waals surface area contributed by atoms with Crippen LogP contribution in [0.5, 0.6) is 0 Å². The number of rotatable bonds is 5. The molecule has 4 nitrogen and oxygen atoms in total. The van der Waals surface area contributed by atoms with Crippen molar-refractivity contribution in [1.29, 1.82) is 0 Å². The van der Waals surface area contributed by atoms with Crippen LogP contribution >= 0.6 is 0 Å². The van der Waals surface area contributed by atoms with Crippen LogP contribution in [0.2, 0.25) is 0 Å². The van der Waals surface area contributed by atoms with Crippen LogP contribution in [-0.2, 0) is 16.2 Å². The van der Waals surface area contributed by atoms with Crippen molar-refractivity contribution in [3.63, 3.8) is 0 Å². The van der Waals surface area contributed by atoms with Gasteiger partial charge in [0.2, 0.25) is 10.0 Å². The second-order valence-electron chi connectivity index (χ2n) is 5.34. The molecule has 0 spiro atoms. The van der Waals surface area contributed by atoms with Crippen LogP contribution in [0.4, 0.5) is 13.2 Å². The standard InChI is InChI=1S/C16H17F3N2O2S/c1-11-7-8-13(9-14(11)16(17,18)19)24(22,23)21-10-15(20)12-5-3-2-4-6-12/h2-9,15,21H,10,20H2,1H3. The summed E-state index contributed by atoms with van der Waals surface area (Å²) in [6.45, 7) is 1.15. The van der Waals surface area contributed by atoms with Crippen LogP contribution in [0, 0.1) is 6.92 Å². The smallest absolute Gasteiger partial charge is 0.323 e. The molecule has 0 aromatic heterocycles. The fraction of sp³-hybridized carbons (Fsp3) is 0.250. The molecule has 0 saturated heterocycles. The number of alkyl halides is 3. The molecule has 0 aliphatic heterocycles. The van der Waals surface area contributed by atoms with Gasteiger partial charge < -0.3 is 5.73 Å². The molecular formula is C16H17F3N2O2S. The van der Waals surface area contributed by atoms with Gasteiger partial charge in [-0.05, 0) is 30.2 Å². The number of aryl methyl sites for hydroxylation is 1. The van der Waals surface area contributed by atoms with E-state index in [4.69, 9.17) is 5.73 Å². The second kappa shape index (κ2) is 6.92. The SMILES string of the molecule is Cc1ccc(S(=O)(=O)NCC(N)c2ccccc2)cc1C(F)(F)F. The van der Waals surface area contributed by atoms with Crippen molar-refractivity contribution >= 4 is 10.0 Å². The summed E-state index contributed by atoms with van der Waals surface area (Å²) in [5.41, 5.74) is 5.61. The van der Waals surface area contributed by atoms with Crippen molar-refractivity contribution in [2.45, 2.75) is 24.0 Å². The fourth-order valence-electron chi connectivity index (χ4n) is 2.17. The molecular weight excluding hydrogens is 341 g/mol. The third kappa shape index (κ3) is 4.34. The van der Waals surface area contributed by atoms with Gasteiger partial charge in [0, 0.05) is 12.6 Å². The summed E-state index contributed by atoms with van der Waals surface area (Å²) in [6, 6.07) is 11.1. The third-order valence-corrected chi connectivity index (χ3v) is 4.97. The molecule has 2 rings (SSSR count). The molecule has 8 heteroatoms. The molecule has 24 heavy (non-hydrogen) atoms. The van der Waals surface area contributed by atoms with E-state index < -0.39 is 32.7 Å². The van der Waals surface area contributed by atoms with E-state index in [9.17, 15) is 21.6 Å². The lowest BCUT2D eigenvalue weighted by Gasteiger charge is -2.15. The van der Waals surface area contributed by atoms with E-state index in [0.29, 0.717) is 6.07 Å². The molecule has 130 valence electrons. The van der Waals surface area contributed by atoms with E-state index in [1.54, 1.807) is 30.3 Å². The predicted molar refractivity (Wildman–Crippen MR) is 84.7 cm³/mol. The van der Waals surface area contributed by atoms with Crippen LogP contribution < -0.4 is 10.5 Å². The van der Waals surface area contributed by atoms with Crippen molar-refractivity contribution < 1.29 is 21.6 Å². The van der Waals surface area contributed by atoms with Crippen molar-refractivity contribution in [2.75, 3.05) is 6.54 Å². The van der Waals surface area contributed by atoms with Gasteiger partial charge in [0.1, 0.15) is 0 Å². The minimum Gasteiger partial charge on any atom is -0.323 e. The second-order valence-corrected chi connectivity index (χ2v) is 7.11. The first-order chi connectivity index (χ1) is 11.1. The first kappa shape index (κ1) is 18.4. The molecule has 0 radical (unpaired) electrons. The Labute approximate surface area is 138 Å². The van der Waals surface area contributed by atoms with Gasteiger partial charge in [0.15, 0.2) is 0 Å². The Morgan fingerprint density at radius 2 is 1.75 bits per heavy atom. The Balaban J connectivity index is 2.19. The van der Waals surface area contributed by atoms with E-state index in [1.165, 1.54) is 6.92 Å². The average molecular weight is 358 g/mol. The molecule has 0 aliphatic carbocycles. The number of nitrogens with two attached hydrogens (primary N) is 1. The van der Waals surface area contributed by atoms with Gasteiger partial charge in [-0.1, -0.05) is 36.4 Å². The summed E-state index contributed by atoms with van der Waals surface area (Å²) in [5, 5.41) is 0. The lowest BCUT2D eigenvalue weighted by molar-refractivity contribution is -0.138. The Bertz CT molecular complexity index is 806. The summed E-state index contributed by atoms with van der Waals surface area (Å²) >= 11 is 0. The highest BCUT2D eigenvalue weighted by Gasteiger charge is 2.33. The lowest BCUT2D eigenvalue weighted by Crippen LogP contribution is -2.32. The van der Waals surface area contributed by atoms with E-state index in [0.717, 1.165) is 17.7 Å². The van der Waals surface area contributed by atoms with Gasteiger partial charge in [0.25, 0.3) is 0 Å². The summed E-state index contributed by atoms with van der Waals surface area (Å²) in [7, 11) is -4.09. The van der Waals surface area contributed by atoms with E-state index in [-0.39, 0.29) is 12.1 Å². The van der Waals surface area contributed by atoms with Crippen molar-refractivity contribution in [2.24, 2.45) is 5.73 Å². The number of sulfonamides is 1. The third-order valence-electron chi connectivity index (χ3n) is 3.55. The summed E-state index contributed by atoms with van der Waals surface area (Å²) < 4.78 is 65.5. The maximum atomic E-state index is 12.9. The number of halogens is 3. The minimum absolute atomic E-state index is 0.0394. The normalized spacial score (nSPS) is 13.7. The van der Waals surface area contributed by atoms with Gasteiger partial charge in [0.05, 0.1) is 10.5 Å². The molecule has 0 aliphatic rings. The zero-order valence-corrected chi connectivity index (χ0v) is 13.7. The topological polar surface area (TPSA) is 72.2 Å². The molecule has 0 heterocycles. The van der Waals surface area contributed by atoms with Crippen LogP contribution in [0.25, 0.3) is 0 Å². The van der Waals surface area contributed by atoms with Crippen LogP contribution in [0.1, 0.15) is 22.7 Å². The van der Waals surface area contributed by atoms with Gasteiger partial charge in [-0.15, -0.1) is 0 Å². The number of hydrogen-bond acceptors (Lipinski definition) is 3. The molecule has 2 aromatic carbocycles. The molecule has 2 aromatic rings. The maximum absolute atomic E-state index is 12.9. The fourth-order valence-corrected chi connectivity index (χ4v) is 3.26. The Kier molecular flexibility index (Phi) is 5.32. The van der Waals surface area contributed by atoms with Crippen LogP contribution in [0.15, 0.2) is 53.4 Å². The van der Waals surface area contributed by atoms with Gasteiger partial charge in [-0.3, -0.25) is 0 Å². The van der Waals surface area contributed by atoms with E-state index in [1.807, 2.05) is 0 Å². The molecule has 0 saturated carbocycles. The molecule has 1 atom stereocenters. The number of benzene rings is 2. The quantitative estimate of drug-likeness (QED) is 0.863. The first-order valence-electron chi connectivity index (χ1n) is 7.09. The molecule has 3 N–H and O–H groups in total. The summed E-state index contributed by atoms with van der Waals surface area (Å²) in [4.78, 5) is -0.444. The highest BCUT2D eigenvalue weighted by Crippen LogP contribution is 2.33. The lowest BCUT2D eigenvalue weighted by atomic mass is 10.1. The predicted octanol–water partition coefficient (Wildman–Crippen LogP) is 2.99. The number of nitrogens with one attached hydrogen (secondary N) is 1. The van der Waals surface area contributed by atoms with Crippen LogP contribution in [-0.4, -0.2) is 15.0 Å². The molecule has 0 bridgehead atoms. The summed E-state index contributed by atoms with van der Waals surface area (Å²) in [5.74, 6) is 0.